The molecule has 29 heavy (non-hydrogen) atoms. The molecule has 144 valence electrons. The Balaban J connectivity index is 1.64. The highest BCUT2D eigenvalue weighted by atomic mass is 79.9. The van der Waals surface area contributed by atoms with E-state index in [4.69, 9.17) is 20.8 Å². The van der Waals surface area contributed by atoms with Crippen LogP contribution in [-0.2, 0) is 9.53 Å². The van der Waals surface area contributed by atoms with E-state index in [0.29, 0.717) is 33.4 Å². The molecule has 2 heterocycles. The van der Waals surface area contributed by atoms with Crippen LogP contribution in [0.4, 0.5) is 5.69 Å². The second kappa shape index (κ2) is 7.69. The number of hydrogen-bond donors (Lipinski definition) is 0. The van der Waals surface area contributed by atoms with Crippen molar-refractivity contribution < 1.29 is 18.9 Å². The number of nitrogens with zero attached hydrogens (tertiary/aromatic N) is 1. The van der Waals surface area contributed by atoms with Crippen LogP contribution in [0.1, 0.15) is 11.3 Å². The normalized spacial score (nSPS) is 14.8. The standard InChI is InChI=1S/C21H11BrClNO5/c22-14-3-1-12(2-4-14)20-10-13(21(25)29-20)9-16-6-8-19(28-16)17-11-15(24(26)27)5-7-18(17)23/h1-11H/b13-9+. The summed E-state index contributed by atoms with van der Waals surface area (Å²) >= 11 is 9.51. The first-order valence-electron chi connectivity index (χ1n) is 8.36. The van der Waals surface area contributed by atoms with Gasteiger partial charge in [0.25, 0.3) is 5.69 Å². The number of ether oxygens (including phenoxy) is 1. The number of halogens is 2. The molecule has 1 aromatic heterocycles. The van der Waals surface area contributed by atoms with Gasteiger partial charge in [-0.2, -0.15) is 0 Å². The lowest BCUT2D eigenvalue weighted by molar-refractivity contribution is -0.384. The molecule has 1 aliphatic rings. The zero-order chi connectivity index (χ0) is 20.5. The topological polar surface area (TPSA) is 82.6 Å². The average molecular weight is 473 g/mol. The molecule has 0 unspecified atom stereocenters. The molecule has 0 amide bonds. The number of benzene rings is 2. The predicted octanol–water partition coefficient (Wildman–Crippen LogP) is 6.25. The van der Waals surface area contributed by atoms with Crippen molar-refractivity contribution in [1.29, 1.82) is 0 Å². The first kappa shape index (κ1) is 19.2. The molecule has 0 saturated heterocycles. The van der Waals surface area contributed by atoms with Gasteiger partial charge < -0.3 is 9.15 Å². The monoisotopic (exact) mass is 471 g/mol. The van der Waals surface area contributed by atoms with Crippen molar-refractivity contribution in [2.45, 2.75) is 0 Å². The van der Waals surface area contributed by atoms with Crippen LogP contribution in [0.3, 0.4) is 0 Å². The van der Waals surface area contributed by atoms with Gasteiger partial charge in [0.2, 0.25) is 0 Å². The van der Waals surface area contributed by atoms with E-state index in [1.54, 1.807) is 24.3 Å². The lowest BCUT2D eigenvalue weighted by Crippen LogP contribution is -1.96. The summed E-state index contributed by atoms with van der Waals surface area (Å²) in [6.45, 7) is 0. The minimum absolute atomic E-state index is 0.0952. The van der Waals surface area contributed by atoms with Gasteiger partial charge in [-0.05, 0) is 42.5 Å². The molecular weight excluding hydrogens is 462 g/mol. The summed E-state index contributed by atoms with van der Waals surface area (Å²) in [5.74, 6) is 0.702. The van der Waals surface area contributed by atoms with Crippen molar-refractivity contribution in [3.63, 3.8) is 0 Å². The van der Waals surface area contributed by atoms with Crippen molar-refractivity contribution in [1.82, 2.24) is 0 Å². The lowest BCUT2D eigenvalue weighted by atomic mass is 10.1. The number of non-ortho nitro benzene ring substituents is 1. The second-order valence-corrected chi connectivity index (χ2v) is 7.45. The molecule has 0 bridgehead atoms. The maximum atomic E-state index is 12.2. The van der Waals surface area contributed by atoms with E-state index in [0.717, 1.165) is 10.0 Å². The molecule has 0 fully saturated rings. The predicted molar refractivity (Wildman–Crippen MR) is 112 cm³/mol. The summed E-state index contributed by atoms with van der Waals surface area (Å²) in [5.41, 5.74) is 1.40. The third-order valence-electron chi connectivity index (χ3n) is 4.20. The van der Waals surface area contributed by atoms with Crippen LogP contribution in [0.25, 0.3) is 23.2 Å². The zero-order valence-corrected chi connectivity index (χ0v) is 16.9. The lowest BCUT2D eigenvalue weighted by Gasteiger charge is -2.01. The highest BCUT2D eigenvalue weighted by molar-refractivity contribution is 9.10. The van der Waals surface area contributed by atoms with Crippen molar-refractivity contribution in [2.75, 3.05) is 0 Å². The molecule has 8 heteroatoms. The Hall–Kier alpha value is -3.16. The highest BCUT2D eigenvalue weighted by Gasteiger charge is 2.22. The minimum Gasteiger partial charge on any atom is -0.457 e. The molecule has 1 aliphatic heterocycles. The van der Waals surface area contributed by atoms with Gasteiger partial charge in [0.1, 0.15) is 17.3 Å². The third-order valence-corrected chi connectivity index (χ3v) is 5.06. The Morgan fingerprint density at radius 3 is 2.55 bits per heavy atom. The Morgan fingerprint density at radius 1 is 1.07 bits per heavy atom. The van der Waals surface area contributed by atoms with Crippen LogP contribution in [0.2, 0.25) is 5.02 Å². The summed E-state index contributed by atoms with van der Waals surface area (Å²) in [7, 11) is 0. The first-order chi connectivity index (χ1) is 13.9. The van der Waals surface area contributed by atoms with Crippen LogP contribution in [0.5, 0.6) is 0 Å². The second-order valence-electron chi connectivity index (χ2n) is 6.13. The fraction of sp³-hybridized carbons (Fsp3) is 0. The smallest absolute Gasteiger partial charge is 0.343 e. The Bertz CT molecular complexity index is 1190. The fourth-order valence-corrected chi connectivity index (χ4v) is 3.26. The van der Waals surface area contributed by atoms with E-state index in [1.165, 1.54) is 18.2 Å². The summed E-state index contributed by atoms with van der Waals surface area (Å²) < 4.78 is 12.0. The molecule has 0 N–H and O–H groups in total. The molecule has 0 radical (unpaired) electrons. The minimum atomic E-state index is -0.505. The van der Waals surface area contributed by atoms with Crippen molar-refractivity contribution in [3.05, 3.63) is 97.2 Å². The third kappa shape index (κ3) is 4.01. The van der Waals surface area contributed by atoms with E-state index in [2.05, 4.69) is 15.9 Å². The quantitative estimate of drug-likeness (QED) is 0.194. The number of cyclic esters (lactones) is 1. The Morgan fingerprint density at radius 2 is 1.83 bits per heavy atom. The van der Waals surface area contributed by atoms with Gasteiger partial charge in [-0.1, -0.05) is 39.7 Å². The summed E-state index contributed by atoms with van der Waals surface area (Å²) in [5, 5.41) is 11.3. The molecule has 4 rings (SSSR count). The summed E-state index contributed by atoms with van der Waals surface area (Å²) in [4.78, 5) is 22.7. The van der Waals surface area contributed by atoms with E-state index in [1.807, 2.05) is 24.3 Å². The van der Waals surface area contributed by atoms with Gasteiger partial charge in [-0.15, -0.1) is 0 Å². The van der Waals surface area contributed by atoms with Gasteiger partial charge >= 0.3 is 5.97 Å². The number of carbonyl (C=O) groups excluding carboxylic acids is 1. The molecule has 0 spiro atoms. The van der Waals surface area contributed by atoms with Gasteiger partial charge in [0.15, 0.2) is 0 Å². The molecule has 3 aromatic rings. The van der Waals surface area contributed by atoms with Crippen LogP contribution < -0.4 is 0 Å². The summed E-state index contributed by atoms with van der Waals surface area (Å²) in [6, 6.07) is 14.8. The largest absolute Gasteiger partial charge is 0.457 e. The first-order valence-corrected chi connectivity index (χ1v) is 9.53. The number of carbonyl (C=O) groups is 1. The average Bonchev–Trinajstić information content (AvgIpc) is 3.30. The van der Waals surface area contributed by atoms with Crippen molar-refractivity contribution >= 4 is 51.0 Å². The number of furan rings is 1. The molecule has 0 saturated carbocycles. The van der Waals surface area contributed by atoms with Gasteiger partial charge in [0.05, 0.1) is 15.5 Å². The Kier molecular flexibility index (Phi) is 5.08. The molecule has 0 aliphatic carbocycles. The van der Waals surface area contributed by atoms with Crippen molar-refractivity contribution in [3.8, 4) is 11.3 Å². The number of esters is 1. The van der Waals surface area contributed by atoms with Gasteiger partial charge in [-0.25, -0.2) is 4.79 Å². The van der Waals surface area contributed by atoms with Crippen LogP contribution >= 0.6 is 27.5 Å². The maximum absolute atomic E-state index is 12.2. The molecule has 6 nitrogen and oxygen atoms in total. The summed E-state index contributed by atoms with van der Waals surface area (Å²) in [6.07, 6.45) is 3.18. The SMILES string of the molecule is O=C1OC(c2ccc(Br)cc2)=C/C1=C\c1ccc(-c2cc([N+](=O)[O-])ccc2Cl)o1. The molecule has 2 aromatic carbocycles. The number of hydrogen-bond acceptors (Lipinski definition) is 5. The number of nitro groups is 1. The molecule has 0 atom stereocenters. The number of nitro benzene ring substituents is 1. The van der Waals surface area contributed by atoms with E-state index in [-0.39, 0.29) is 5.69 Å². The van der Waals surface area contributed by atoms with E-state index >= 15 is 0 Å². The molecular formula is C21H11BrClNO5. The van der Waals surface area contributed by atoms with E-state index in [9.17, 15) is 14.9 Å². The number of rotatable bonds is 4. The van der Waals surface area contributed by atoms with Gasteiger partial charge in [-0.3, -0.25) is 10.1 Å². The zero-order valence-electron chi connectivity index (χ0n) is 14.6. The van der Waals surface area contributed by atoms with E-state index < -0.39 is 10.9 Å². The van der Waals surface area contributed by atoms with Crippen LogP contribution in [0, 0.1) is 10.1 Å². The fourth-order valence-electron chi connectivity index (χ4n) is 2.79. The van der Waals surface area contributed by atoms with Crippen molar-refractivity contribution in [2.24, 2.45) is 0 Å². The van der Waals surface area contributed by atoms with Gasteiger partial charge in [0, 0.05) is 27.7 Å². The highest BCUT2D eigenvalue weighted by Crippen LogP contribution is 2.34. The van der Waals surface area contributed by atoms with Crippen LogP contribution in [-0.4, -0.2) is 10.9 Å². The Labute approximate surface area is 178 Å². The van der Waals surface area contributed by atoms with Crippen LogP contribution in [0.15, 0.2) is 75.1 Å². The maximum Gasteiger partial charge on any atom is 0.343 e.